The molecule has 3 saturated heterocycles. The van der Waals surface area contributed by atoms with Crippen LogP contribution >= 0.6 is 0 Å². The molecule has 0 bridgehead atoms. The summed E-state index contributed by atoms with van der Waals surface area (Å²) in [6.45, 7) is 5.29. The molecule has 128 valence electrons. The lowest BCUT2D eigenvalue weighted by Crippen LogP contribution is -2.81. The summed E-state index contributed by atoms with van der Waals surface area (Å²) in [4.78, 5) is 30.9. The zero-order valence-corrected chi connectivity index (χ0v) is 13.7. The predicted molar refractivity (Wildman–Crippen MR) is 81.8 cm³/mol. The van der Waals surface area contributed by atoms with E-state index in [4.69, 9.17) is 9.47 Å². The lowest BCUT2D eigenvalue weighted by Gasteiger charge is -2.63. The minimum absolute atomic E-state index is 0.0315. The van der Waals surface area contributed by atoms with Gasteiger partial charge in [-0.2, -0.15) is 0 Å². The molecule has 4 rings (SSSR count). The molecule has 0 radical (unpaired) electrons. The van der Waals surface area contributed by atoms with Crippen molar-refractivity contribution in [2.45, 2.75) is 24.4 Å². The molecule has 1 spiro atoms. The lowest BCUT2D eigenvalue weighted by atomic mass is 9.82. The number of rotatable bonds is 3. The average molecular weight is 323 g/mol. The zero-order chi connectivity index (χ0) is 16.0. The van der Waals surface area contributed by atoms with Crippen LogP contribution in [0.1, 0.15) is 12.8 Å². The molecule has 1 saturated carbocycles. The van der Waals surface area contributed by atoms with E-state index in [9.17, 15) is 9.59 Å². The Morgan fingerprint density at radius 3 is 2.65 bits per heavy atom. The maximum Gasteiger partial charge on any atom is 0.248 e. The van der Waals surface area contributed by atoms with Gasteiger partial charge >= 0.3 is 0 Å². The molecule has 1 atom stereocenters. The number of carbonyl (C=O) groups is 2. The summed E-state index contributed by atoms with van der Waals surface area (Å²) in [5, 5.41) is 0. The van der Waals surface area contributed by atoms with Crippen molar-refractivity contribution < 1.29 is 19.1 Å². The second-order valence-electron chi connectivity index (χ2n) is 7.32. The number of hydrogen-bond donors (Lipinski definition) is 0. The van der Waals surface area contributed by atoms with Gasteiger partial charge in [0.1, 0.15) is 6.61 Å². The van der Waals surface area contributed by atoms with E-state index in [1.165, 1.54) is 0 Å². The highest BCUT2D eigenvalue weighted by Gasteiger charge is 2.57. The number of methoxy groups -OCH3 is 1. The third-order valence-electron chi connectivity index (χ3n) is 5.58. The fraction of sp³-hybridized carbons (Fsp3) is 0.875. The van der Waals surface area contributed by atoms with Crippen molar-refractivity contribution in [1.82, 2.24) is 14.7 Å². The van der Waals surface area contributed by atoms with Crippen LogP contribution in [0.5, 0.6) is 0 Å². The summed E-state index contributed by atoms with van der Waals surface area (Å²) in [5.41, 5.74) is -0.0827. The van der Waals surface area contributed by atoms with Crippen LogP contribution in [0, 0.1) is 5.92 Å². The molecule has 1 aliphatic carbocycles. The van der Waals surface area contributed by atoms with Gasteiger partial charge in [-0.3, -0.25) is 14.5 Å². The first-order valence-electron chi connectivity index (χ1n) is 8.53. The van der Waals surface area contributed by atoms with Crippen molar-refractivity contribution in [3.8, 4) is 0 Å². The number of carbonyl (C=O) groups excluding carboxylic acids is 2. The molecule has 2 amide bonds. The third-order valence-corrected chi connectivity index (χ3v) is 5.58. The summed E-state index contributed by atoms with van der Waals surface area (Å²) in [7, 11) is 1.55. The second kappa shape index (κ2) is 5.72. The van der Waals surface area contributed by atoms with E-state index in [0.29, 0.717) is 25.6 Å². The molecule has 3 aliphatic heterocycles. The van der Waals surface area contributed by atoms with E-state index >= 15 is 0 Å². The topological polar surface area (TPSA) is 62.3 Å². The van der Waals surface area contributed by atoms with Crippen LogP contribution in [0.25, 0.3) is 0 Å². The summed E-state index contributed by atoms with van der Waals surface area (Å²) in [6, 6.07) is 0.233. The van der Waals surface area contributed by atoms with Gasteiger partial charge in [-0.25, -0.2) is 0 Å². The van der Waals surface area contributed by atoms with E-state index in [0.717, 1.165) is 39.1 Å². The average Bonchev–Trinajstić information content (AvgIpc) is 3.36. The van der Waals surface area contributed by atoms with E-state index in [-0.39, 0.29) is 30.0 Å². The molecule has 7 heteroatoms. The number of ether oxygens (including phenoxy) is 2. The van der Waals surface area contributed by atoms with Crippen LogP contribution in [0.2, 0.25) is 0 Å². The number of amides is 2. The van der Waals surface area contributed by atoms with Gasteiger partial charge in [0.15, 0.2) is 0 Å². The second-order valence-corrected chi connectivity index (χ2v) is 7.32. The van der Waals surface area contributed by atoms with Crippen LogP contribution in [0.3, 0.4) is 0 Å². The van der Waals surface area contributed by atoms with Crippen molar-refractivity contribution >= 4 is 11.8 Å². The van der Waals surface area contributed by atoms with E-state index in [2.05, 4.69) is 4.90 Å². The van der Waals surface area contributed by atoms with Gasteiger partial charge in [0.2, 0.25) is 11.8 Å². The Kier molecular flexibility index (Phi) is 3.82. The number of likely N-dealkylation sites (tertiary alicyclic amines) is 1. The minimum atomic E-state index is -0.0827. The quantitative estimate of drug-likeness (QED) is 0.678. The monoisotopic (exact) mass is 323 g/mol. The SMILES string of the molecule is COCC(=O)N1C[C@@H]2COCCN2C2(C1)CN(C(=O)C1CC1)C2. The first-order chi connectivity index (χ1) is 11.1. The van der Waals surface area contributed by atoms with Gasteiger partial charge in [-0.1, -0.05) is 0 Å². The first-order valence-corrected chi connectivity index (χ1v) is 8.53. The third kappa shape index (κ3) is 2.64. The highest BCUT2D eigenvalue weighted by molar-refractivity contribution is 5.82. The maximum atomic E-state index is 12.3. The lowest BCUT2D eigenvalue weighted by molar-refractivity contribution is -0.183. The Bertz CT molecular complexity index is 502. The summed E-state index contributed by atoms with van der Waals surface area (Å²) >= 11 is 0. The maximum absolute atomic E-state index is 12.3. The Hall–Kier alpha value is -1.18. The van der Waals surface area contributed by atoms with Crippen LogP contribution < -0.4 is 0 Å². The van der Waals surface area contributed by atoms with E-state index in [1.54, 1.807) is 7.11 Å². The van der Waals surface area contributed by atoms with Crippen molar-refractivity contribution in [3.05, 3.63) is 0 Å². The zero-order valence-electron chi connectivity index (χ0n) is 13.7. The smallest absolute Gasteiger partial charge is 0.248 e. The Balaban J connectivity index is 1.49. The molecule has 0 aromatic carbocycles. The van der Waals surface area contributed by atoms with Crippen molar-refractivity contribution in [1.29, 1.82) is 0 Å². The Morgan fingerprint density at radius 2 is 1.96 bits per heavy atom. The van der Waals surface area contributed by atoms with Gasteiger partial charge in [0.25, 0.3) is 0 Å². The van der Waals surface area contributed by atoms with Crippen LogP contribution in [0.4, 0.5) is 0 Å². The molecular formula is C16H25N3O4. The van der Waals surface area contributed by atoms with E-state index < -0.39 is 0 Å². The fourth-order valence-electron chi connectivity index (χ4n) is 4.29. The normalized spacial score (nSPS) is 30.0. The largest absolute Gasteiger partial charge is 0.378 e. The molecular weight excluding hydrogens is 298 g/mol. The number of hydrogen-bond acceptors (Lipinski definition) is 5. The molecule has 0 N–H and O–H groups in total. The van der Waals surface area contributed by atoms with Crippen LogP contribution in [0.15, 0.2) is 0 Å². The molecule has 0 aromatic heterocycles. The fourth-order valence-corrected chi connectivity index (χ4v) is 4.29. The molecule has 4 fully saturated rings. The van der Waals surface area contributed by atoms with Gasteiger partial charge in [-0.05, 0) is 12.8 Å². The van der Waals surface area contributed by atoms with Crippen molar-refractivity contribution in [2.24, 2.45) is 5.92 Å². The molecule has 0 aromatic rings. The number of fused-ring (bicyclic) bond motifs is 2. The molecule has 3 heterocycles. The predicted octanol–water partition coefficient (Wildman–Crippen LogP) is -0.833. The highest BCUT2D eigenvalue weighted by Crippen LogP contribution is 2.39. The Morgan fingerprint density at radius 1 is 1.22 bits per heavy atom. The number of piperazine rings is 1. The van der Waals surface area contributed by atoms with Crippen LogP contribution in [-0.4, -0.2) is 97.7 Å². The van der Waals surface area contributed by atoms with Gasteiger partial charge < -0.3 is 19.3 Å². The minimum Gasteiger partial charge on any atom is -0.378 e. The standard InChI is InChI=1S/C16H25N3O4/c1-22-8-14(20)17-6-13-7-23-5-4-19(13)16(9-17)10-18(11-16)15(21)12-2-3-12/h12-13H,2-11H2,1H3/t13-/m1/s1. The van der Waals surface area contributed by atoms with Crippen molar-refractivity contribution in [3.63, 3.8) is 0 Å². The number of morpholine rings is 1. The van der Waals surface area contributed by atoms with Gasteiger partial charge in [-0.15, -0.1) is 0 Å². The summed E-state index contributed by atoms with van der Waals surface area (Å²) in [6.07, 6.45) is 2.09. The Labute approximate surface area is 136 Å². The molecule has 23 heavy (non-hydrogen) atoms. The summed E-state index contributed by atoms with van der Waals surface area (Å²) < 4.78 is 10.6. The number of nitrogens with zero attached hydrogens (tertiary/aromatic N) is 3. The molecule has 7 nitrogen and oxygen atoms in total. The van der Waals surface area contributed by atoms with Gasteiger partial charge in [0, 0.05) is 45.8 Å². The first kappa shape index (κ1) is 15.4. The van der Waals surface area contributed by atoms with Gasteiger partial charge in [0.05, 0.1) is 24.8 Å². The summed E-state index contributed by atoms with van der Waals surface area (Å²) in [5.74, 6) is 0.604. The highest BCUT2D eigenvalue weighted by atomic mass is 16.5. The van der Waals surface area contributed by atoms with Crippen molar-refractivity contribution in [2.75, 3.05) is 59.7 Å². The van der Waals surface area contributed by atoms with E-state index in [1.807, 2.05) is 9.80 Å². The molecule has 4 aliphatic rings. The van der Waals surface area contributed by atoms with Crippen LogP contribution in [-0.2, 0) is 19.1 Å². The molecule has 0 unspecified atom stereocenters.